The van der Waals surface area contributed by atoms with Crippen molar-refractivity contribution in [2.45, 2.75) is 33.1 Å². The third kappa shape index (κ3) is 4.39. The van der Waals surface area contributed by atoms with Crippen molar-refractivity contribution in [3.05, 3.63) is 70.4 Å². The van der Waals surface area contributed by atoms with Crippen LogP contribution in [0.1, 0.15) is 42.6 Å². The first kappa shape index (κ1) is 21.6. The van der Waals surface area contributed by atoms with Gasteiger partial charge in [0.1, 0.15) is 10.7 Å². The molecule has 2 amide bonds. The molecule has 0 spiro atoms. The van der Waals surface area contributed by atoms with Gasteiger partial charge in [0.2, 0.25) is 0 Å². The van der Waals surface area contributed by atoms with Gasteiger partial charge in [-0.05, 0) is 48.7 Å². The zero-order valence-electron chi connectivity index (χ0n) is 16.9. The number of halogens is 1. The summed E-state index contributed by atoms with van der Waals surface area (Å²) in [5.41, 5.74) is 2.43. The van der Waals surface area contributed by atoms with Crippen LogP contribution < -0.4 is 10.2 Å². The molecular weight excluding hydrogens is 404 g/mol. The number of imide groups is 1. The number of hydrogen-bond acceptors (Lipinski definition) is 5. The fraction of sp³-hybridized carbons (Fsp3) is 0.261. The van der Waals surface area contributed by atoms with Gasteiger partial charge < -0.3 is 10.1 Å². The summed E-state index contributed by atoms with van der Waals surface area (Å²) in [6.07, 6.45) is 2.48. The molecule has 0 aromatic heterocycles. The quantitative estimate of drug-likeness (QED) is 0.378. The molecular formula is C23H23ClN2O4. The van der Waals surface area contributed by atoms with E-state index in [0.717, 1.165) is 35.4 Å². The second kappa shape index (κ2) is 9.59. The molecule has 0 saturated heterocycles. The van der Waals surface area contributed by atoms with Gasteiger partial charge in [0.05, 0.1) is 17.9 Å². The number of ether oxygens (including phenoxy) is 1. The highest BCUT2D eigenvalue weighted by atomic mass is 35.5. The van der Waals surface area contributed by atoms with E-state index in [1.54, 1.807) is 0 Å². The summed E-state index contributed by atoms with van der Waals surface area (Å²) in [6, 6.07) is 13.6. The van der Waals surface area contributed by atoms with Gasteiger partial charge in [-0.25, -0.2) is 9.69 Å². The maximum Gasteiger partial charge on any atom is 0.338 e. The van der Waals surface area contributed by atoms with Crippen molar-refractivity contribution in [1.29, 1.82) is 0 Å². The van der Waals surface area contributed by atoms with Crippen LogP contribution in [0.15, 0.2) is 59.3 Å². The van der Waals surface area contributed by atoms with E-state index in [1.807, 2.05) is 38.1 Å². The molecule has 0 fully saturated rings. The Hall–Kier alpha value is -3.12. The van der Waals surface area contributed by atoms with Crippen LogP contribution in [0.3, 0.4) is 0 Å². The molecule has 0 unspecified atom stereocenters. The molecule has 3 rings (SSSR count). The van der Waals surface area contributed by atoms with Crippen LogP contribution in [0.4, 0.5) is 11.4 Å². The first-order chi connectivity index (χ1) is 14.5. The number of carbonyl (C=O) groups excluding carboxylic acids is 3. The lowest BCUT2D eigenvalue weighted by Crippen LogP contribution is -2.32. The standard InChI is InChI=1S/C23H23ClN2O4/c1-3-5-14-30-23(29)16-10-12-17(13-11-16)26-21(27)19(24)20(22(26)28)25-18-9-7-6-8-15(18)4-2/h6-13,25H,3-5,14H2,1-2H3. The first-order valence-electron chi connectivity index (χ1n) is 9.88. The highest BCUT2D eigenvalue weighted by molar-refractivity contribution is 6.53. The number of rotatable bonds is 8. The Kier molecular flexibility index (Phi) is 6.90. The fourth-order valence-electron chi connectivity index (χ4n) is 3.07. The second-order valence-electron chi connectivity index (χ2n) is 6.81. The number of nitrogens with one attached hydrogen (secondary N) is 1. The van der Waals surface area contributed by atoms with Crippen LogP contribution in [0.2, 0.25) is 0 Å². The van der Waals surface area contributed by atoms with Crippen LogP contribution in [0, 0.1) is 0 Å². The van der Waals surface area contributed by atoms with Crippen LogP contribution in [-0.4, -0.2) is 24.4 Å². The number of amides is 2. The van der Waals surface area contributed by atoms with Crippen molar-refractivity contribution in [2.24, 2.45) is 0 Å². The molecule has 7 heteroatoms. The Morgan fingerprint density at radius 1 is 1.03 bits per heavy atom. The topological polar surface area (TPSA) is 75.7 Å². The molecule has 0 saturated carbocycles. The minimum absolute atomic E-state index is 0.0330. The zero-order valence-corrected chi connectivity index (χ0v) is 17.7. The van der Waals surface area contributed by atoms with Crippen LogP contribution in [-0.2, 0) is 20.7 Å². The van der Waals surface area contributed by atoms with E-state index >= 15 is 0 Å². The van der Waals surface area contributed by atoms with Crippen LogP contribution in [0.25, 0.3) is 0 Å². The average Bonchev–Trinajstić information content (AvgIpc) is 2.97. The minimum atomic E-state index is -0.614. The maximum atomic E-state index is 12.9. The van der Waals surface area contributed by atoms with Gasteiger partial charge in [-0.2, -0.15) is 0 Å². The van der Waals surface area contributed by atoms with Gasteiger partial charge in [0, 0.05) is 5.69 Å². The van der Waals surface area contributed by atoms with E-state index in [4.69, 9.17) is 16.3 Å². The average molecular weight is 427 g/mol. The third-order valence-electron chi connectivity index (χ3n) is 4.78. The molecule has 2 aromatic carbocycles. The third-order valence-corrected chi connectivity index (χ3v) is 5.13. The molecule has 2 aromatic rings. The van der Waals surface area contributed by atoms with Gasteiger partial charge in [-0.1, -0.05) is 50.1 Å². The number of anilines is 2. The summed E-state index contributed by atoms with van der Waals surface area (Å²) in [5.74, 6) is -1.60. The van der Waals surface area contributed by atoms with E-state index in [0.29, 0.717) is 17.9 Å². The predicted octanol–water partition coefficient (Wildman–Crippen LogP) is 4.64. The Labute approximate surface area is 180 Å². The number of carbonyl (C=O) groups is 3. The molecule has 1 aliphatic rings. The van der Waals surface area contributed by atoms with Gasteiger partial charge >= 0.3 is 5.97 Å². The Balaban J connectivity index is 1.78. The van der Waals surface area contributed by atoms with E-state index in [1.165, 1.54) is 24.3 Å². The zero-order chi connectivity index (χ0) is 21.7. The van der Waals surface area contributed by atoms with Crippen molar-refractivity contribution in [1.82, 2.24) is 0 Å². The normalized spacial score (nSPS) is 13.8. The highest BCUT2D eigenvalue weighted by Gasteiger charge is 2.39. The number of benzene rings is 2. The minimum Gasteiger partial charge on any atom is -0.462 e. The largest absolute Gasteiger partial charge is 0.462 e. The Bertz CT molecular complexity index is 999. The lowest BCUT2D eigenvalue weighted by atomic mass is 10.1. The van der Waals surface area contributed by atoms with Crippen LogP contribution in [0.5, 0.6) is 0 Å². The summed E-state index contributed by atoms with van der Waals surface area (Å²) >= 11 is 6.20. The molecule has 0 bridgehead atoms. The lowest BCUT2D eigenvalue weighted by molar-refractivity contribution is -0.120. The Morgan fingerprint density at radius 3 is 2.40 bits per heavy atom. The highest BCUT2D eigenvalue weighted by Crippen LogP contribution is 2.31. The molecule has 0 radical (unpaired) electrons. The molecule has 1 aliphatic heterocycles. The van der Waals surface area contributed by atoms with Crippen molar-refractivity contribution in [3.63, 3.8) is 0 Å². The van der Waals surface area contributed by atoms with E-state index in [9.17, 15) is 14.4 Å². The lowest BCUT2D eigenvalue weighted by Gasteiger charge is -2.16. The monoisotopic (exact) mass is 426 g/mol. The molecule has 6 nitrogen and oxygen atoms in total. The van der Waals surface area contributed by atoms with Gasteiger partial charge in [0.25, 0.3) is 11.8 Å². The SMILES string of the molecule is CCCCOC(=O)c1ccc(N2C(=O)C(Cl)=C(Nc3ccccc3CC)C2=O)cc1. The summed E-state index contributed by atoms with van der Waals surface area (Å²) in [7, 11) is 0. The van der Waals surface area contributed by atoms with Crippen molar-refractivity contribution in [3.8, 4) is 0 Å². The second-order valence-corrected chi connectivity index (χ2v) is 7.18. The predicted molar refractivity (Wildman–Crippen MR) is 116 cm³/mol. The Morgan fingerprint density at radius 2 is 1.73 bits per heavy atom. The molecule has 0 atom stereocenters. The molecule has 1 heterocycles. The molecule has 30 heavy (non-hydrogen) atoms. The number of esters is 1. The fourth-order valence-corrected chi connectivity index (χ4v) is 3.28. The summed E-state index contributed by atoms with van der Waals surface area (Å²) in [5, 5.41) is 2.84. The summed E-state index contributed by atoms with van der Waals surface area (Å²) in [6.45, 7) is 4.36. The van der Waals surface area contributed by atoms with Gasteiger partial charge in [-0.15, -0.1) is 0 Å². The van der Waals surface area contributed by atoms with Gasteiger partial charge in [0.15, 0.2) is 0 Å². The molecule has 1 N–H and O–H groups in total. The molecule has 0 aliphatic carbocycles. The summed E-state index contributed by atoms with van der Waals surface area (Å²) in [4.78, 5) is 38.6. The number of aryl methyl sites for hydroxylation is 1. The number of para-hydroxylation sites is 1. The van der Waals surface area contributed by atoms with Gasteiger partial charge in [-0.3, -0.25) is 9.59 Å². The van der Waals surface area contributed by atoms with E-state index < -0.39 is 17.8 Å². The smallest absolute Gasteiger partial charge is 0.338 e. The summed E-state index contributed by atoms with van der Waals surface area (Å²) < 4.78 is 5.17. The van der Waals surface area contributed by atoms with Crippen molar-refractivity contribution in [2.75, 3.05) is 16.8 Å². The maximum absolute atomic E-state index is 12.9. The van der Waals surface area contributed by atoms with Crippen molar-refractivity contribution < 1.29 is 19.1 Å². The van der Waals surface area contributed by atoms with E-state index in [-0.39, 0.29) is 10.7 Å². The number of nitrogens with zero attached hydrogens (tertiary/aromatic N) is 1. The van der Waals surface area contributed by atoms with Crippen LogP contribution >= 0.6 is 11.6 Å². The number of unbranched alkanes of at least 4 members (excludes halogenated alkanes) is 1. The molecule has 156 valence electrons. The van der Waals surface area contributed by atoms with E-state index in [2.05, 4.69) is 5.32 Å². The first-order valence-corrected chi connectivity index (χ1v) is 10.3. The van der Waals surface area contributed by atoms with Crippen molar-refractivity contribution >= 4 is 40.8 Å². The number of hydrogen-bond donors (Lipinski definition) is 1.